The molecule has 2 rings (SSSR count). The molecule has 0 aliphatic carbocycles. The molecule has 1 aromatic carbocycles. The number of benzene rings is 1. The molecule has 0 atom stereocenters. The third kappa shape index (κ3) is 2.65. The van der Waals surface area contributed by atoms with Gasteiger partial charge in [-0.1, -0.05) is 0 Å². The van der Waals surface area contributed by atoms with E-state index in [0.29, 0.717) is 6.61 Å². The van der Waals surface area contributed by atoms with Crippen LogP contribution in [0.5, 0.6) is 5.75 Å². The average Bonchev–Trinajstić information content (AvgIpc) is 2.72. The molecule has 90 valence electrons. The smallest absolute Gasteiger partial charge is 0.119 e. The third-order valence-corrected chi connectivity index (χ3v) is 3.37. The molecule has 4 heteroatoms. The van der Waals surface area contributed by atoms with Gasteiger partial charge in [-0.15, -0.1) is 11.3 Å². The minimum absolute atomic E-state index is 0.00252. The van der Waals surface area contributed by atoms with E-state index in [2.05, 4.69) is 4.98 Å². The van der Waals surface area contributed by atoms with Crippen molar-refractivity contribution in [1.82, 2.24) is 4.98 Å². The minimum Gasteiger partial charge on any atom is -0.494 e. The molecule has 0 aliphatic rings. The lowest BCUT2D eigenvalue weighted by Gasteiger charge is -2.03. The summed E-state index contributed by atoms with van der Waals surface area (Å²) in [6.07, 6.45) is 0. The van der Waals surface area contributed by atoms with Crippen LogP contribution in [-0.2, 0) is 6.61 Å². The Labute approximate surface area is 105 Å². The van der Waals surface area contributed by atoms with Crippen LogP contribution >= 0.6 is 11.3 Å². The second-order valence-corrected chi connectivity index (χ2v) is 4.92. The van der Waals surface area contributed by atoms with Crippen molar-refractivity contribution in [1.29, 1.82) is 0 Å². The maximum absolute atomic E-state index is 9.06. The highest BCUT2D eigenvalue weighted by Crippen LogP contribution is 2.28. The first-order valence-electron chi connectivity index (χ1n) is 5.55. The fourth-order valence-corrected chi connectivity index (χ4v) is 2.48. The number of rotatable bonds is 4. The van der Waals surface area contributed by atoms with Gasteiger partial charge in [-0.2, -0.15) is 0 Å². The van der Waals surface area contributed by atoms with E-state index in [1.807, 2.05) is 38.1 Å². The van der Waals surface area contributed by atoms with Gasteiger partial charge in [-0.25, -0.2) is 4.98 Å². The van der Waals surface area contributed by atoms with E-state index in [1.54, 1.807) is 0 Å². The highest BCUT2D eigenvalue weighted by atomic mass is 32.1. The van der Waals surface area contributed by atoms with Crippen molar-refractivity contribution in [2.45, 2.75) is 20.5 Å². The summed E-state index contributed by atoms with van der Waals surface area (Å²) in [4.78, 5) is 5.53. The van der Waals surface area contributed by atoms with E-state index in [-0.39, 0.29) is 6.61 Å². The van der Waals surface area contributed by atoms with Gasteiger partial charge in [0.15, 0.2) is 0 Å². The van der Waals surface area contributed by atoms with Crippen molar-refractivity contribution in [3.05, 3.63) is 34.2 Å². The summed E-state index contributed by atoms with van der Waals surface area (Å²) in [5.41, 5.74) is 2.00. The Bertz CT molecular complexity index is 491. The van der Waals surface area contributed by atoms with Crippen LogP contribution in [0.15, 0.2) is 24.3 Å². The fraction of sp³-hybridized carbons (Fsp3) is 0.308. The number of thiazole rings is 1. The molecule has 3 nitrogen and oxygen atoms in total. The molecule has 2 aromatic rings. The number of hydrogen-bond acceptors (Lipinski definition) is 4. The van der Waals surface area contributed by atoms with Gasteiger partial charge in [-0.05, 0) is 38.1 Å². The molecule has 0 amide bonds. The van der Waals surface area contributed by atoms with Gasteiger partial charge >= 0.3 is 0 Å². The molecule has 0 fully saturated rings. The number of aromatic nitrogens is 1. The van der Waals surface area contributed by atoms with Gasteiger partial charge in [0.2, 0.25) is 0 Å². The summed E-state index contributed by atoms with van der Waals surface area (Å²) >= 11 is 1.53. The van der Waals surface area contributed by atoms with E-state index in [4.69, 9.17) is 9.84 Å². The van der Waals surface area contributed by atoms with E-state index in [1.165, 1.54) is 11.3 Å². The summed E-state index contributed by atoms with van der Waals surface area (Å²) < 4.78 is 5.40. The predicted molar refractivity (Wildman–Crippen MR) is 69.4 cm³/mol. The van der Waals surface area contributed by atoms with Gasteiger partial charge in [0, 0.05) is 10.4 Å². The average molecular weight is 249 g/mol. The highest BCUT2D eigenvalue weighted by Gasteiger charge is 2.09. The monoisotopic (exact) mass is 249 g/mol. The molecule has 0 saturated carbocycles. The SMILES string of the molecule is CCOc1ccc(-c2nc(CO)sc2C)cc1. The summed E-state index contributed by atoms with van der Waals surface area (Å²) in [6.45, 7) is 4.65. The lowest BCUT2D eigenvalue weighted by molar-refractivity contribution is 0.281. The Morgan fingerprint density at radius 2 is 2.00 bits per heavy atom. The van der Waals surface area contributed by atoms with Crippen molar-refractivity contribution in [3.63, 3.8) is 0 Å². The Balaban J connectivity index is 2.29. The summed E-state index contributed by atoms with van der Waals surface area (Å²) in [5.74, 6) is 0.867. The number of aliphatic hydroxyl groups is 1. The Hall–Kier alpha value is -1.39. The normalized spacial score (nSPS) is 10.5. The third-order valence-electron chi connectivity index (χ3n) is 2.41. The van der Waals surface area contributed by atoms with Gasteiger partial charge < -0.3 is 9.84 Å². The maximum Gasteiger partial charge on any atom is 0.119 e. The second-order valence-electron chi connectivity index (χ2n) is 3.63. The predicted octanol–water partition coefficient (Wildman–Crippen LogP) is 3.01. The van der Waals surface area contributed by atoms with Crippen molar-refractivity contribution < 1.29 is 9.84 Å². The molecule has 0 spiro atoms. The first-order valence-corrected chi connectivity index (χ1v) is 6.36. The minimum atomic E-state index is 0.00252. The van der Waals surface area contributed by atoms with E-state index < -0.39 is 0 Å². The number of aliphatic hydroxyl groups excluding tert-OH is 1. The summed E-state index contributed by atoms with van der Waals surface area (Å²) in [5, 5.41) is 9.82. The van der Waals surface area contributed by atoms with E-state index in [9.17, 15) is 0 Å². The summed E-state index contributed by atoms with van der Waals surface area (Å²) in [6, 6.07) is 7.87. The summed E-state index contributed by atoms with van der Waals surface area (Å²) in [7, 11) is 0. The van der Waals surface area contributed by atoms with Crippen LogP contribution in [0.3, 0.4) is 0 Å². The molecule has 0 aliphatic heterocycles. The Morgan fingerprint density at radius 1 is 1.29 bits per heavy atom. The van der Waals surface area contributed by atoms with Crippen LogP contribution in [0.4, 0.5) is 0 Å². The zero-order valence-electron chi connectivity index (χ0n) is 9.93. The van der Waals surface area contributed by atoms with Gasteiger partial charge in [0.05, 0.1) is 18.9 Å². The molecule has 0 saturated heterocycles. The standard InChI is InChI=1S/C13H15NO2S/c1-3-16-11-6-4-10(5-7-11)13-9(2)17-12(8-15)14-13/h4-7,15H,3,8H2,1-2H3. The van der Waals surface area contributed by atoms with Crippen molar-refractivity contribution in [2.24, 2.45) is 0 Å². The van der Waals surface area contributed by atoms with Crippen molar-refractivity contribution in [2.75, 3.05) is 6.61 Å². The largest absolute Gasteiger partial charge is 0.494 e. The van der Waals surface area contributed by atoms with Crippen molar-refractivity contribution >= 4 is 11.3 Å². The number of aryl methyl sites for hydroxylation is 1. The second kappa shape index (κ2) is 5.29. The lowest BCUT2D eigenvalue weighted by Crippen LogP contribution is -1.91. The van der Waals surface area contributed by atoms with Crippen molar-refractivity contribution in [3.8, 4) is 17.0 Å². The molecule has 0 bridgehead atoms. The number of hydrogen-bond donors (Lipinski definition) is 1. The molecular weight excluding hydrogens is 234 g/mol. The molecule has 1 N–H and O–H groups in total. The van der Waals surface area contributed by atoms with Crippen LogP contribution in [0.25, 0.3) is 11.3 Å². The number of ether oxygens (including phenoxy) is 1. The van der Waals surface area contributed by atoms with E-state index in [0.717, 1.165) is 26.9 Å². The van der Waals surface area contributed by atoms with Crippen LogP contribution in [-0.4, -0.2) is 16.7 Å². The zero-order valence-corrected chi connectivity index (χ0v) is 10.8. The molecule has 17 heavy (non-hydrogen) atoms. The quantitative estimate of drug-likeness (QED) is 0.905. The molecule has 1 aromatic heterocycles. The first kappa shape index (κ1) is 12.1. The number of nitrogens with zero attached hydrogens (tertiary/aromatic N) is 1. The zero-order chi connectivity index (χ0) is 12.3. The molecule has 0 unspecified atom stereocenters. The van der Waals surface area contributed by atoms with E-state index >= 15 is 0 Å². The van der Waals surface area contributed by atoms with Crippen LogP contribution < -0.4 is 4.74 Å². The van der Waals surface area contributed by atoms with Gasteiger partial charge in [0.25, 0.3) is 0 Å². The molecule has 1 heterocycles. The van der Waals surface area contributed by atoms with Gasteiger partial charge in [0.1, 0.15) is 10.8 Å². The van der Waals surface area contributed by atoms with Crippen LogP contribution in [0.2, 0.25) is 0 Å². The highest BCUT2D eigenvalue weighted by molar-refractivity contribution is 7.12. The van der Waals surface area contributed by atoms with Gasteiger partial charge in [-0.3, -0.25) is 0 Å². The maximum atomic E-state index is 9.06. The first-order chi connectivity index (χ1) is 8.24. The van der Waals surface area contributed by atoms with Crippen LogP contribution in [0, 0.1) is 6.92 Å². The lowest BCUT2D eigenvalue weighted by atomic mass is 10.1. The molecule has 0 radical (unpaired) electrons. The Morgan fingerprint density at radius 3 is 2.53 bits per heavy atom. The van der Waals surface area contributed by atoms with Crippen LogP contribution in [0.1, 0.15) is 16.8 Å². The topological polar surface area (TPSA) is 42.4 Å². The Kier molecular flexibility index (Phi) is 3.76. The fourth-order valence-electron chi connectivity index (χ4n) is 1.66. The molecular formula is C13H15NO2S.